The van der Waals surface area contributed by atoms with Gasteiger partial charge in [0.1, 0.15) is 0 Å². The molecule has 2 aromatic heterocycles. The summed E-state index contributed by atoms with van der Waals surface area (Å²) in [5.74, 6) is -0.0280. The molecule has 3 aromatic rings. The van der Waals surface area contributed by atoms with Gasteiger partial charge < -0.3 is 10.3 Å². The molecule has 9 heteroatoms. The average Bonchev–Trinajstić information content (AvgIpc) is 2.90. The number of imidazole rings is 1. The molecule has 0 fully saturated rings. The molecular formula is C12H13N5O2S2. The van der Waals surface area contributed by atoms with Crippen molar-refractivity contribution in [3.63, 3.8) is 0 Å². The van der Waals surface area contributed by atoms with Crippen LogP contribution in [0.2, 0.25) is 0 Å². The van der Waals surface area contributed by atoms with Gasteiger partial charge in [-0.2, -0.15) is 8.42 Å². The van der Waals surface area contributed by atoms with Gasteiger partial charge in [-0.1, -0.05) is 0 Å². The van der Waals surface area contributed by atoms with Crippen LogP contribution in [0.1, 0.15) is 5.01 Å². The Morgan fingerprint density at radius 1 is 1.38 bits per heavy atom. The summed E-state index contributed by atoms with van der Waals surface area (Å²) in [6.45, 7) is 1.91. The Morgan fingerprint density at radius 2 is 2.14 bits per heavy atom. The van der Waals surface area contributed by atoms with Crippen LogP contribution in [0.3, 0.4) is 0 Å². The van der Waals surface area contributed by atoms with Crippen LogP contribution in [0.25, 0.3) is 10.2 Å². The highest BCUT2D eigenvalue weighted by molar-refractivity contribution is 7.92. The van der Waals surface area contributed by atoms with Crippen LogP contribution in [-0.4, -0.2) is 23.0 Å². The maximum absolute atomic E-state index is 12.4. The van der Waals surface area contributed by atoms with Crippen molar-refractivity contribution in [1.29, 1.82) is 0 Å². The second-order valence-electron chi connectivity index (χ2n) is 4.57. The molecule has 0 spiro atoms. The highest BCUT2D eigenvalue weighted by Crippen LogP contribution is 2.26. The normalized spacial score (nSPS) is 11.9. The van der Waals surface area contributed by atoms with Gasteiger partial charge in [0.25, 0.3) is 10.0 Å². The van der Waals surface area contributed by atoms with E-state index in [9.17, 15) is 8.42 Å². The standard InChI is InChI=1S/C12H13N5O2S2/c1-7-15-9-4-3-8(5-10(9)20-7)16-21(18,19)12-11(13)14-6-17(12)2/h3-6,16H,13H2,1-2H3. The van der Waals surface area contributed by atoms with Crippen LogP contribution < -0.4 is 10.5 Å². The predicted molar refractivity (Wildman–Crippen MR) is 82.8 cm³/mol. The van der Waals surface area contributed by atoms with E-state index in [0.29, 0.717) is 5.69 Å². The lowest BCUT2D eigenvalue weighted by Crippen LogP contribution is -2.17. The molecule has 7 nitrogen and oxygen atoms in total. The lowest BCUT2D eigenvalue weighted by atomic mass is 10.3. The molecule has 0 aliphatic heterocycles. The number of nitrogens with two attached hydrogens (primary N) is 1. The number of anilines is 2. The van der Waals surface area contributed by atoms with Crippen LogP contribution in [0.4, 0.5) is 11.5 Å². The van der Waals surface area contributed by atoms with Gasteiger partial charge in [0, 0.05) is 7.05 Å². The van der Waals surface area contributed by atoms with Crippen molar-refractivity contribution >= 4 is 43.1 Å². The SMILES string of the molecule is Cc1nc2ccc(NS(=O)(=O)c3c(N)ncn3C)cc2s1. The average molecular weight is 323 g/mol. The summed E-state index contributed by atoms with van der Waals surface area (Å²) in [4.78, 5) is 8.13. The van der Waals surface area contributed by atoms with Crippen molar-refractivity contribution in [2.24, 2.45) is 7.05 Å². The number of rotatable bonds is 3. The van der Waals surface area contributed by atoms with E-state index in [4.69, 9.17) is 5.73 Å². The molecule has 0 atom stereocenters. The number of fused-ring (bicyclic) bond motifs is 1. The van der Waals surface area contributed by atoms with Crippen LogP contribution in [0, 0.1) is 6.92 Å². The van der Waals surface area contributed by atoms with Crippen molar-refractivity contribution in [3.05, 3.63) is 29.5 Å². The van der Waals surface area contributed by atoms with E-state index in [1.54, 1.807) is 25.2 Å². The Labute approximate surface area is 125 Å². The Kier molecular flexibility index (Phi) is 3.10. The van der Waals surface area contributed by atoms with E-state index >= 15 is 0 Å². The number of nitrogens with one attached hydrogen (secondary N) is 1. The zero-order chi connectivity index (χ0) is 15.2. The quantitative estimate of drug-likeness (QED) is 0.764. The highest BCUT2D eigenvalue weighted by Gasteiger charge is 2.22. The molecular weight excluding hydrogens is 310 g/mol. The van der Waals surface area contributed by atoms with Gasteiger partial charge in [0.05, 0.1) is 27.2 Å². The topological polar surface area (TPSA) is 103 Å². The van der Waals surface area contributed by atoms with Crippen molar-refractivity contribution < 1.29 is 8.42 Å². The van der Waals surface area contributed by atoms with Gasteiger partial charge in [0.2, 0.25) is 0 Å². The van der Waals surface area contributed by atoms with Crippen molar-refractivity contribution in [2.45, 2.75) is 11.9 Å². The Morgan fingerprint density at radius 3 is 2.81 bits per heavy atom. The van der Waals surface area contributed by atoms with Gasteiger partial charge in [0.15, 0.2) is 10.8 Å². The van der Waals surface area contributed by atoms with E-state index in [1.807, 2.05) is 6.92 Å². The lowest BCUT2D eigenvalue weighted by Gasteiger charge is -2.09. The maximum atomic E-state index is 12.4. The van der Waals surface area contributed by atoms with Crippen LogP contribution >= 0.6 is 11.3 Å². The Bertz CT molecular complexity index is 907. The van der Waals surface area contributed by atoms with E-state index in [2.05, 4.69) is 14.7 Å². The zero-order valence-corrected chi connectivity index (χ0v) is 13.0. The van der Waals surface area contributed by atoms with Gasteiger partial charge in [-0.25, -0.2) is 9.97 Å². The molecule has 0 saturated heterocycles. The fourth-order valence-electron chi connectivity index (χ4n) is 2.07. The fraction of sp³-hybridized carbons (Fsp3) is 0.167. The van der Waals surface area contributed by atoms with E-state index in [0.717, 1.165) is 15.2 Å². The molecule has 1 aromatic carbocycles. The summed E-state index contributed by atoms with van der Waals surface area (Å²) in [6.07, 6.45) is 1.36. The van der Waals surface area contributed by atoms with Crippen LogP contribution in [0.15, 0.2) is 29.6 Å². The van der Waals surface area contributed by atoms with Gasteiger partial charge in [-0.15, -0.1) is 11.3 Å². The van der Waals surface area contributed by atoms with Crippen molar-refractivity contribution in [2.75, 3.05) is 10.5 Å². The smallest absolute Gasteiger partial charge is 0.281 e. The molecule has 3 rings (SSSR count). The number of aryl methyl sites for hydroxylation is 2. The van der Waals surface area contributed by atoms with E-state index in [-0.39, 0.29) is 10.8 Å². The number of thiazole rings is 1. The van der Waals surface area contributed by atoms with E-state index in [1.165, 1.54) is 22.2 Å². The number of nitrogen functional groups attached to an aromatic ring is 1. The first-order valence-corrected chi connectivity index (χ1v) is 8.33. The molecule has 21 heavy (non-hydrogen) atoms. The monoisotopic (exact) mass is 323 g/mol. The molecule has 2 heterocycles. The molecule has 0 aliphatic rings. The summed E-state index contributed by atoms with van der Waals surface area (Å²) in [7, 11) is -2.21. The number of hydrogen-bond acceptors (Lipinski definition) is 6. The minimum atomic E-state index is -3.78. The Balaban J connectivity index is 2.01. The van der Waals surface area contributed by atoms with Gasteiger partial charge >= 0.3 is 0 Å². The highest BCUT2D eigenvalue weighted by atomic mass is 32.2. The molecule has 3 N–H and O–H groups in total. The van der Waals surface area contributed by atoms with Crippen molar-refractivity contribution in [1.82, 2.24) is 14.5 Å². The second-order valence-corrected chi connectivity index (χ2v) is 7.40. The first kappa shape index (κ1) is 13.8. The number of aromatic nitrogens is 3. The Hall–Kier alpha value is -2.13. The molecule has 110 valence electrons. The summed E-state index contributed by atoms with van der Waals surface area (Å²) < 4.78 is 29.6. The molecule has 0 radical (unpaired) electrons. The molecule has 0 bridgehead atoms. The van der Waals surface area contributed by atoms with E-state index < -0.39 is 10.0 Å². The first-order valence-electron chi connectivity index (χ1n) is 6.03. The van der Waals surface area contributed by atoms with Crippen LogP contribution in [0.5, 0.6) is 0 Å². The zero-order valence-electron chi connectivity index (χ0n) is 11.4. The molecule has 0 aliphatic carbocycles. The minimum Gasteiger partial charge on any atom is -0.381 e. The third kappa shape index (κ3) is 2.45. The summed E-state index contributed by atoms with van der Waals surface area (Å²) in [5, 5.41) is 0.879. The fourth-order valence-corrected chi connectivity index (χ4v) is 4.23. The molecule has 0 unspecified atom stereocenters. The number of benzene rings is 1. The van der Waals surface area contributed by atoms with Crippen molar-refractivity contribution in [3.8, 4) is 0 Å². The largest absolute Gasteiger partial charge is 0.381 e. The van der Waals surface area contributed by atoms with Crippen LogP contribution in [-0.2, 0) is 17.1 Å². The minimum absolute atomic E-state index is 0.0280. The summed E-state index contributed by atoms with van der Waals surface area (Å²) in [5.41, 5.74) is 6.93. The molecule has 0 amide bonds. The maximum Gasteiger partial charge on any atom is 0.281 e. The predicted octanol–water partition coefficient (Wildman–Crippen LogP) is 1.72. The van der Waals surface area contributed by atoms with Gasteiger partial charge in [-0.05, 0) is 25.1 Å². The summed E-state index contributed by atoms with van der Waals surface area (Å²) >= 11 is 1.51. The van der Waals surface area contributed by atoms with Gasteiger partial charge in [-0.3, -0.25) is 4.72 Å². The third-order valence-corrected chi connectivity index (χ3v) is 5.36. The number of hydrogen-bond donors (Lipinski definition) is 2. The molecule has 0 saturated carbocycles. The first-order chi connectivity index (χ1) is 9.87. The summed E-state index contributed by atoms with van der Waals surface area (Å²) in [6, 6.07) is 5.21. The number of nitrogens with zero attached hydrogens (tertiary/aromatic N) is 3. The second kappa shape index (κ2) is 4.71. The number of sulfonamides is 1. The lowest BCUT2D eigenvalue weighted by molar-refractivity contribution is 0.592. The third-order valence-electron chi connectivity index (χ3n) is 2.91.